The number of benzene rings is 1. The van der Waals surface area contributed by atoms with Crippen LogP contribution in [0, 0.1) is 0 Å². The van der Waals surface area contributed by atoms with Crippen molar-refractivity contribution in [3.05, 3.63) is 29.8 Å². The Kier molecular flexibility index (Phi) is 2.90. The number of carbonyl (C=O) groups excluding carboxylic acids is 2. The van der Waals surface area contributed by atoms with Gasteiger partial charge in [-0.15, -0.1) is 0 Å². The number of methoxy groups -OCH3 is 1. The first-order valence-corrected chi connectivity index (χ1v) is 5.45. The second kappa shape index (κ2) is 4.25. The molecule has 0 amide bonds. The number of ketones is 1. The number of hydrogen-bond donors (Lipinski definition) is 0. The minimum absolute atomic E-state index is 0.167. The van der Waals surface area contributed by atoms with Crippen LogP contribution in [0.2, 0.25) is 0 Å². The molecule has 5 heteroatoms. The van der Waals surface area contributed by atoms with E-state index in [4.69, 9.17) is 9.47 Å². The first-order chi connectivity index (χ1) is 8.47. The van der Waals surface area contributed by atoms with Crippen LogP contribution in [-0.2, 0) is 14.3 Å². The molecule has 18 heavy (non-hydrogen) atoms. The van der Waals surface area contributed by atoms with Crippen molar-refractivity contribution in [3.63, 3.8) is 0 Å². The summed E-state index contributed by atoms with van der Waals surface area (Å²) in [6.07, 6.45) is 0. The maximum absolute atomic E-state index is 11.7. The van der Waals surface area contributed by atoms with Gasteiger partial charge in [-0.3, -0.25) is 4.79 Å². The zero-order chi connectivity index (χ0) is 13.3. The van der Waals surface area contributed by atoms with Crippen LogP contribution >= 0.6 is 0 Å². The molecule has 1 aliphatic rings. The summed E-state index contributed by atoms with van der Waals surface area (Å²) < 4.78 is 10.1. The van der Waals surface area contributed by atoms with E-state index in [1.54, 1.807) is 31.4 Å². The molecule has 0 unspecified atom stereocenters. The molecule has 0 fully saturated rings. The van der Waals surface area contributed by atoms with Crippen molar-refractivity contribution in [1.29, 1.82) is 0 Å². The summed E-state index contributed by atoms with van der Waals surface area (Å²) in [5, 5.41) is 0. The van der Waals surface area contributed by atoms with Gasteiger partial charge in [0.15, 0.2) is 5.78 Å². The third kappa shape index (κ3) is 1.88. The van der Waals surface area contributed by atoms with Gasteiger partial charge in [-0.05, 0) is 38.1 Å². The quantitative estimate of drug-likeness (QED) is 0.597. The van der Waals surface area contributed by atoms with E-state index in [1.165, 1.54) is 13.8 Å². The second-order valence-electron chi connectivity index (χ2n) is 4.16. The van der Waals surface area contributed by atoms with Crippen LogP contribution in [0.5, 0.6) is 5.75 Å². The van der Waals surface area contributed by atoms with Gasteiger partial charge in [-0.2, -0.15) is 0 Å². The molecular formula is C13H13NO4. The third-order valence-electron chi connectivity index (χ3n) is 2.93. The monoisotopic (exact) mass is 247 g/mol. The van der Waals surface area contributed by atoms with Crippen molar-refractivity contribution >= 4 is 17.7 Å². The van der Waals surface area contributed by atoms with Crippen molar-refractivity contribution in [2.45, 2.75) is 19.4 Å². The number of aliphatic imine (C=N–C) groups is 1. The topological polar surface area (TPSA) is 65.0 Å². The summed E-state index contributed by atoms with van der Waals surface area (Å²) in [6, 6.07) is 6.90. The van der Waals surface area contributed by atoms with Gasteiger partial charge >= 0.3 is 5.97 Å². The minimum atomic E-state index is -1.42. The highest BCUT2D eigenvalue weighted by atomic mass is 16.6. The summed E-state index contributed by atoms with van der Waals surface area (Å²) >= 11 is 0. The predicted molar refractivity (Wildman–Crippen MR) is 64.7 cm³/mol. The molecule has 0 saturated heterocycles. The van der Waals surface area contributed by atoms with Gasteiger partial charge in [0, 0.05) is 5.56 Å². The van der Waals surface area contributed by atoms with Crippen LogP contribution in [0.15, 0.2) is 29.3 Å². The lowest BCUT2D eigenvalue weighted by atomic mass is 10.00. The smallest absolute Gasteiger partial charge is 0.348 e. The number of cyclic esters (lactones) is 1. The van der Waals surface area contributed by atoms with Crippen LogP contribution in [0.3, 0.4) is 0 Å². The van der Waals surface area contributed by atoms with Crippen LogP contribution in [0.25, 0.3) is 0 Å². The molecule has 0 N–H and O–H groups in total. The Bertz CT molecular complexity index is 532. The number of esters is 1. The fraction of sp³-hybridized carbons (Fsp3) is 0.308. The molecule has 2 rings (SSSR count). The van der Waals surface area contributed by atoms with E-state index >= 15 is 0 Å². The van der Waals surface area contributed by atoms with Crippen molar-refractivity contribution in [1.82, 2.24) is 0 Å². The van der Waals surface area contributed by atoms with Gasteiger partial charge in [0.25, 0.3) is 0 Å². The highest BCUT2D eigenvalue weighted by Crippen LogP contribution is 2.24. The second-order valence-corrected chi connectivity index (χ2v) is 4.16. The van der Waals surface area contributed by atoms with Crippen LogP contribution in [0.4, 0.5) is 0 Å². The molecular weight excluding hydrogens is 234 g/mol. The summed E-state index contributed by atoms with van der Waals surface area (Å²) in [4.78, 5) is 27.2. The largest absolute Gasteiger partial charge is 0.497 e. The molecule has 0 aliphatic carbocycles. The Hall–Kier alpha value is -2.17. The molecule has 0 bridgehead atoms. The fourth-order valence-corrected chi connectivity index (χ4v) is 1.54. The Morgan fingerprint density at radius 3 is 2.39 bits per heavy atom. The Balaban J connectivity index is 2.35. The molecule has 0 saturated carbocycles. The maximum Gasteiger partial charge on any atom is 0.348 e. The van der Waals surface area contributed by atoms with E-state index in [2.05, 4.69) is 4.99 Å². The lowest BCUT2D eigenvalue weighted by Gasteiger charge is -2.09. The number of carbonyl (C=O) groups is 2. The van der Waals surface area contributed by atoms with E-state index in [-0.39, 0.29) is 11.7 Å². The van der Waals surface area contributed by atoms with Crippen LogP contribution in [0.1, 0.15) is 19.4 Å². The molecule has 1 atom stereocenters. The predicted octanol–water partition coefficient (Wildman–Crippen LogP) is 1.35. The molecule has 1 aliphatic heterocycles. The van der Waals surface area contributed by atoms with Crippen LogP contribution in [-0.4, -0.2) is 30.3 Å². The first-order valence-electron chi connectivity index (χ1n) is 5.45. The van der Waals surface area contributed by atoms with Crippen LogP contribution < -0.4 is 4.74 Å². The first kappa shape index (κ1) is 12.3. The number of ether oxygens (including phenoxy) is 2. The molecule has 1 aromatic carbocycles. The third-order valence-corrected chi connectivity index (χ3v) is 2.93. The lowest BCUT2D eigenvalue weighted by Crippen LogP contribution is -2.37. The van der Waals surface area contributed by atoms with Gasteiger partial charge in [-0.25, -0.2) is 9.79 Å². The number of nitrogens with zero attached hydrogens (tertiary/aromatic N) is 1. The minimum Gasteiger partial charge on any atom is -0.497 e. The van der Waals surface area contributed by atoms with Gasteiger partial charge in [0.05, 0.1) is 7.11 Å². The van der Waals surface area contributed by atoms with Gasteiger partial charge in [-0.1, -0.05) is 0 Å². The van der Waals surface area contributed by atoms with E-state index in [0.717, 1.165) is 0 Å². The highest BCUT2D eigenvalue weighted by Gasteiger charge is 2.46. The molecule has 94 valence electrons. The molecule has 1 aromatic rings. The fourth-order valence-electron chi connectivity index (χ4n) is 1.54. The normalized spacial score (nSPS) is 22.4. The van der Waals surface area contributed by atoms with E-state index in [1.807, 2.05) is 0 Å². The molecule has 5 nitrogen and oxygen atoms in total. The highest BCUT2D eigenvalue weighted by molar-refractivity contribution is 6.18. The average molecular weight is 247 g/mol. The summed E-state index contributed by atoms with van der Waals surface area (Å²) in [5.74, 6) is -0.116. The Labute approximate surface area is 104 Å². The van der Waals surface area contributed by atoms with Crippen molar-refractivity contribution in [3.8, 4) is 5.75 Å². The van der Waals surface area contributed by atoms with E-state index < -0.39 is 11.5 Å². The number of hydrogen-bond acceptors (Lipinski definition) is 5. The zero-order valence-electron chi connectivity index (χ0n) is 10.4. The van der Waals surface area contributed by atoms with E-state index in [0.29, 0.717) is 11.3 Å². The molecule has 0 aromatic heterocycles. The SMILES string of the molecule is COc1ccc(C2=N[C@](C)(C(C)=O)C(=O)O2)cc1. The van der Waals surface area contributed by atoms with Crippen molar-refractivity contribution in [2.24, 2.45) is 4.99 Å². The average Bonchev–Trinajstić information content (AvgIpc) is 2.67. The van der Waals surface area contributed by atoms with Gasteiger partial charge < -0.3 is 9.47 Å². The number of rotatable bonds is 3. The van der Waals surface area contributed by atoms with Gasteiger partial charge in [0.1, 0.15) is 5.75 Å². The molecule has 1 heterocycles. The maximum atomic E-state index is 11.7. The Morgan fingerprint density at radius 2 is 1.94 bits per heavy atom. The lowest BCUT2D eigenvalue weighted by molar-refractivity contribution is -0.142. The molecule has 0 spiro atoms. The standard InChI is InChI=1S/C13H13NO4/c1-8(15)13(2)12(16)18-11(14-13)9-4-6-10(17-3)7-5-9/h4-7H,1-3H3/t13-/m1/s1. The van der Waals surface area contributed by atoms with Gasteiger partial charge in [0.2, 0.25) is 11.4 Å². The summed E-state index contributed by atoms with van der Waals surface area (Å²) in [5.41, 5.74) is -0.788. The van der Waals surface area contributed by atoms with Crippen molar-refractivity contribution in [2.75, 3.05) is 7.11 Å². The molecule has 0 radical (unpaired) electrons. The van der Waals surface area contributed by atoms with Crippen molar-refractivity contribution < 1.29 is 19.1 Å². The van der Waals surface area contributed by atoms with E-state index in [9.17, 15) is 9.59 Å². The summed E-state index contributed by atoms with van der Waals surface area (Å²) in [6.45, 7) is 2.77. The Morgan fingerprint density at radius 1 is 1.33 bits per heavy atom. The number of Topliss-reactive ketones (excluding diaryl/α,β-unsaturated/α-hetero) is 1. The summed E-state index contributed by atoms with van der Waals surface area (Å²) in [7, 11) is 1.56. The zero-order valence-corrected chi connectivity index (χ0v) is 10.4.